The Morgan fingerprint density at radius 2 is 2.00 bits per heavy atom. The summed E-state index contributed by atoms with van der Waals surface area (Å²) in [5, 5.41) is 4.42. The van der Waals surface area contributed by atoms with Crippen LogP contribution in [0.3, 0.4) is 0 Å². The summed E-state index contributed by atoms with van der Waals surface area (Å²) in [5.74, 6) is 1.46. The number of rotatable bonds is 9. The zero-order valence-corrected chi connectivity index (χ0v) is 13.3. The van der Waals surface area contributed by atoms with Crippen molar-refractivity contribution in [2.45, 2.75) is 46.5 Å². The molecule has 0 radical (unpaired) electrons. The zero-order chi connectivity index (χ0) is 14.1. The van der Waals surface area contributed by atoms with Gasteiger partial charge in [-0.1, -0.05) is 57.3 Å². The third-order valence-corrected chi connectivity index (χ3v) is 4.00. The molecule has 0 aliphatic heterocycles. The van der Waals surface area contributed by atoms with Crippen molar-refractivity contribution >= 4 is 11.6 Å². The fourth-order valence-corrected chi connectivity index (χ4v) is 2.81. The van der Waals surface area contributed by atoms with Gasteiger partial charge in [0.1, 0.15) is 0 Å². The summed E-state index contributed by atoms with van der Waals surface area (Å²) in [7, 11) is 0. The molecule has 0 bridgehead atoms. The van der Waals surface area contributed by atoms with Crippen molar-refractivity contribution in [3.8, 4) is 0 Å². The molecular formula is C17H28ClN. The number of hydrogen-bond acceptors (Lipinski definition) is 1. The van der Waals surface area contributed by atoms with Gasteiger partial charge in [0, 0.05) is 5.02 Å². The van der Waals surface area contributed by atoms with Gasteiger partial charge in [-0.25, -0.2) is 0 Å². The van der Waals surface area contributed by atoms with Crippen LogP contribution in [0.25, 0.3) is 0 Å². The van der Waals surface area contributed by atoms with Crippen molar-refractivity contribution in [2.24, 2.45) is 11.8 Å². The summed E-state index contributed by atoms with van der Waals surface area (Å²) in [6.45, 7) is 9.10. The first-order valence-corrected chi connectivity index (χ1v) is 8.00. The Balaban J connectivity index is 2.61. The van der Waals surface area contributed by atoms with Gasteiger partial charge in [0.15, 0.2) is 0 Å². The van der Waals surface area contributed by atoms with Crippen molar-refractivity contribution in [2.75, 3.05) is 13.1 Å². The van der Waals surface area contributed by atoms with Crippen molar-refractivity contribution in [1.29, 1.82) is 0 Å². The highest BCUT2D eigenvalue weighted by molar-refractivity contribution is 6.30. The van der Waals surface area contributed by atoms with Crippen molar-refractivity contribution in [1.82, 2.24) is 5.32 Å². The third kappa shape index (κ3) is 6.44. The van der Waals surface area contributed by atoms with E-state index in [0.29, 0.717) is 5.92 Å². The highest BCUT2D eigenvalue weighted by Gasteiger charge is 2.17. The molecule has 0 spiro atoms. The molecule has 1 nitrogen and oxygen atoms in total. The Labute approximate surface area is 123 Å². The SMILES string of the molecule is CCCNCC(Cc1cccc(Cl)c1)C(C)CCC. The first-order valence-electron chi connectivity index (χ1n) is 7.62. The van der Waals surface area contributed by atoms with Gasteiger partial charge in [-0.15, -0.1) is 0 Å². The number of hydrogen-bond donors (Lipinski definition) is 1. The molecular weight excluding hydrogens is 254 g/mol. The predicted octanol–water partition coefficient (Wildman–Crippen LogP) is 4.93. The zero-order valence-electron chi connectivity index (χ0n) is 12.6. The molecule has 19 heavy (non-hydrogen) atoms. The minimum atomic E-state index is 0.699. The van der Waals surface area contributed by atoms with Gasteiger partial charge < -0.3 is 5.32 Å². The van der Waals surface area contributed by atoms with Crippen LogP contribution in [-0.2, 0) is 6.42 Å². The highest BCUT2D eigenvalue weighted by atomic mass is 35.5. The lowest BCUT2D eigenvalue weighted by molar-refractivity contribution is 0.318. The topological polar surface area (TPSA) is 12.0 Å². The Morgan fingerprint density at radius 1 is 1.21 bits per heavy atom. The molecule has 0 aliphatic carbocycles. The first kappa shape index (κ1) is 16.5. The van der Waals surface area contributed by atoms with Crippen LogP contribution in [0.2, 0.25) is 5.02 Å². The molecule has 2 unspecified atom stereocenters. The smallest absolute Gasteiger partial charge is 0.0408 e. The normalized spacial score (nSPS) is 14.3. The van der Waals surface area contributed by atoms with E-state index >= 15 is 0 Å². The third-order valence-electron chi connectivity index (χ3n) is 3.77. The van der Waals surface area contributed by atoms with Crippen molar-refractivity contribution < 1.29 is 0 Å². The largest absolute Gasteiger partial charge is 0.316 e. The van der Waals surface area contributed by atoms with Crippen LogP contribution < -0.4 is 5.32 Å². The summed E-state index contributed by atoms with van der Waals surface area (Å²) >= 11 is 6.08. The minimum Gasteiger partial charge on any atom is -0.316 e. The Bertz CT molecular complexity index is 351. The van der Waals surface area contributed by atoms with Gasteiger partial charge in [-0.2, -0.15) is 0 Å². The molecule has 1 aromatic carbocycles. The lowest BCUT2D eigenvalue weighted by Gasteiger charge is -2.24. The second kappa shape index (κ2) is 9.39. The average Bonchev–Trinajstić information content (AvgIpc) is 2.38. The van der Waals surface area contributed by atoms with E-state index < -0.39 is 0 Å². The van der Waals surface area contributed by atoms with Crippen LogP contribution in [0.15, 0.2) is 24.3 Å². The van der Waals surface area contributed by atoms with E-state index in [1.54, 1.807) is 0 Å². The van der Waals surface area contributed by atoms with Gasteiger partial charge in [0.25, 0.3) is 0 Å². The Morgan fingerprint density at radius 3 is 2.63 bits per heavy atom. The van der Waals surface area contributed by atoms with Crippen molar-refractivity contribution in [3.63, 3.8) is 0 Å². The molecule has 1 rings (SSSR count). The standard InChI is InChI=1S/C17H28ClN/c1-4-7-14(3)16(13-19-10-5-2)11-15-8-6-9-17(18)12-15/h6,8-9,12,14,16,19H,4-5,7,10-11,13H2,1-3H3. The van der Waals surface area contributed by atoms with E-state index in [-0.39, 0.29) is 0 Å². The molecule has 2 heteroatoms. The lowest BCUT2D eigenvalue weighted by Crippen LogP contribution is -2.29. The minimum absolute atomic E-state index is 0.699. The molecule has 108 valence electrons. The lowest BCUT2D eigenvalue weighted by atomic mass is 9.85. The maximum atomic E-state index is 6.08. The van der Waals surface area contributed by atoms with Gasteiger partial charge >= 0.3 is 0 Å². The number of halogens is 1. The predicted molar refractivity (Wildman–Crippen MR) is 85.9 cm³/mol. The average molecular weight is 282 g/mol. The fourth-order valence-electron chi connectivity index (χ4n) is 2.60. The summed E-state index contributed by atoms with van der Waals surface area (Å²) in [5.41, 5.74) is 1.36. The summed E-state index contributed by atoms with van der Waals surface area (Å²) in [4.78, 5) is 0. The molecule has 0 aliphatic rings. The molecule has 0 fully saturated rings. The van der Waals surface area contributed by atoms with Crippen LogP contribution in [0, 0.1) is 11.8 Å². The van der Waals surface area contributed by atoms with Crippen LogP contribution in [0.1, 0.15) is 45.6 Å². The number of nitrogens with one attached hydrogen (secondary N) is 1. The van der Waals surface area contributed by atoms with E-state index in [2.05, 4.69) is 44.3 Å². The summed E-state index contributed by atoms with van der Waals surface area (Å²) in [6.07, 6.45) is 4.89. The number of benzene rings is 1. The Hall–Kier alpha value is -0.530. The summed E-state index contributed by atoms with van der Waals surface area (Å²) < 4.78 is 0. The Kier molecular flexibility index (Phi) is 8.16. The second-order valence-corrected chi connectivity index (χ2v) is 6.00. The van der Waals surface area contributed by atoms with Gasteiger partial charge in [0.05, 0.1) is 0 Å². The fraction of sp³-hybridized carbons (Fsp3) is 0.647. The summed E-state index contributed by atoms with van der Waals surface area (Å²) in [6, 6.07) is 8.30. The van der Waals surface area contributed by atoms with Gasteiger partial charge in [0.2, 0.25) is 0 Å². The van der Waals surface area contributed by atoms with E-state index in [4.69, 9.17) is 11.6 Å². The molecule has 0 saturated heterocycles. The highest BCUT2D eigenvalue weighted by Crippen LogP contribution is 2.22. The van der Waals surface area contributed by atoms with Gasteiger partial charge in [-0.05, 0) is 55.5 Å². The maximum absolute atomic E-state index is 6.08. The van der Waals surface area contributed by atoms with Crippen molar-refractivity contribution in [3.05, 3.63) is 34.9 Å². The van der Waals surface area contributed by atoms with Crippen LogP contribution in [-0.4, -0.2) is 13.1 Å². The molecule has 0 heterocycles. The van der Waals surface area contributed by atoms with E-state index in [1.807, 2.05) is 6.07 Å². The second-order valence-electron chi connectivity index (χ2n) is 5.56. The van der Waals surface area contributed by atoms with Crippen LogP contribution >= 0.6 is 11.6 Å². The molecule has 0 amide bonds. The van der Waals surface area contributed by atoms with Crippen LogP contribution in [0.4, 0.5) is 0 Å². The molecule has 1 N–H and O–H groups in total. The van der Waals surface area contributed by atoms with E-state index in [9.17, 15) is 0 Å². The van der Waals surface area contributed by atoms with E-state index in [1.165, 1.54) is 24.8 Å². The maximum Gasteiger partial charge on any atom is 0.0408 e. The molecule has 1 aromatic rings. The molecule has 0 aromatic heterocycles. The van der Waals surface area contributed by atoms with Crippen LogP contribution in [0.5, 0.6) is 0 Å². The van der Waals surface area contributed by atoms with E-state index in [0.717, 1.165) is 30.5 Å². The van der Waals surface area contributed by atoms with Gasteiger partial charge in [-0.3, -0.25) is 0 Å². The quantitative estimate of drug-likeness (QED) is 0.633. The first-order chi connectivity index (χ1) is 9.17. The monoisotopic (exact) mass is 281 g/mol. The molecule has 0 saturated carbocycles. The molecule has 2 atom stereocenters.